The van der Waals surface area contributed by atoms with Crippen LogP contribution in [0.5, 0.6) is 5.75 Å². The fraction of sp³-hybridized carbons (Fsp3) is 0.154. The zero-order chi connectivity index (χ0) is 12.4. The first-order valence-electron chi connectivity index (χ1n) is 5.16. The standard InChI is InChI=1S/C13H13NO2S/c1-8-6-7-17-13(8)12(15)9-4-3-5-10(16-2)11(9)14/h3-7H,14H2,1-2H3. The molecule has 0 aliphatic rings. The fourth-order valence-electron chi connectivity index (χ4n) is 1.65. The molecule has 0 unspecified atom stereocenters. The summed E-state index contributed by atoms with van der Waals surface area (Å²) in [6, 6.07) is 7.16. The highest BCUT2D eigenvalue weighted by Gasteiger charge is 2.17. The molecule has 17 heavy (non-hydrogen) atoms. The lowest BCUT2D eigenvalue weighted by Gasteiger charge is -2.08. The van der Waals surface area contributed by atoms with E-state index in [1.807, 2.05) is 18.4 Å². The molecule has 0 aliphatic carbocycles. The summed E-state index contributed by atoms with van der Waals surface area (Å²) in [5.74, 6) is 0.485. The average Bonchev–Trinajstić information content (AvgIpc) is 2.75. The fourth-order valence-corrected chi connectivity index (χ4v) is 2.53. The SMILES string of the molecule is COc1cccc(C(=O)c2sccc2C)c1N. The maximum Gasteiger partial charge on any atom is 0.205 e. The van der Waals surface area contributed by atoms with Gasteiger partial charge in [-0.25, -0.2) is 0 Å². The first kappa shape index (κ1) is 11.7. The second-order valence-corrected chi connectivity index (χ2v) is 4.60. The van der Waals surface area contributed by atoms with Crippen molar-refractivity contribution in [2.45, 2.75) is 6.92 Å². The van der Waals surface area contributed by atoms with Crippen LogP contribution in [0.25, 0.3) is 0 Å². The van der Waals surface area contributed by atoms with Gasteiger partial charge in [0.2, 0.25) is 5.78 Å². The Hall–Kier alpha value is -1.81. The number of carbonyl (C=O) groups is 1. The van der Waals surface area contributed by atoms with Gasteiger partial charge in [-0.3, -0.25) is 4.79 Å². The Kier molecular flexibility index (Phi) is 3.15. The summed E-state index contributed by atoms with van der Waals surface area (Å²) < 4.78 is 5.11. The van der Waals surface area contributed by atoms with Gasteiger partial charge in [0.25, 0.3) is 0 Å². The molecule has 0 saturated carbocycles. The molecule has 0 aliphatic heterocycles. The molecule has 0 spiro atoms. The van der Waals surface area contributed by atoms with Crippen LogP contribution in [-0.2, 0) is 0 Å². The molecule has 1 heterocycles. The zero-order valence-electron chi connectivity index (χ0n) is 9.69. The summed E-state index contributed by atoms with van der Waals surface area (Å²) >= 11 is 1.43. The van der Waals surface area contributed by atoms with Crippen LogP contribution in [0.4, 0.5) is 5.69 Å². The van der Waals surface area contributed by atoms with Gasteiger partial charge in [0.1, 0.15) is 5.75 Å². The van der Waals surface area contributed by atoms with Crippen molar-refractivity contribution in [3.05, 3.63) is 45.6 Å². The summed E-state index contributed by atoms with van der Waals surface area (Å²) in [7, 11) is 1.54. The van der Waals surface area contributed by atoms with E-state index in [1.54, 1.807) is 18.2 Å². The average molecular weight is 247 g/mol. The minimum absolute atomic E-state index is 0.0473. The first-order valence-corrected chi connectivity index (χ1v) is 6.04. The van der Waals surface area contributed by atoms with Crippen molar-refractivity contribution in [3.8, 4) is 5.75 Å². The van der Waals surface area contributed by atoms with Crippen LogP contribution in [0, 0.1) is 6.92 Å². The molecule has 2 N–H and O–H groups in total. The van der Waals surface area contributed by atoms with E-state index >= 15 is 0 Å². The monoisotopic (exact) mass is 247 g/mol. The van der Waals surface area contributed by atoms with Crippen molar-refractivity contribution < 1.29 is 9.53 Å². The Morgan fingerprint density at radius 3 is 2.71 bits per heavy atom. The van der Waals surface area contributed by atoms with Gasteiger partial charge in [-0.1, -0.05) is 6.07 Å². The van der Waals surface area contributed by atoms with E-state index < -0.39 is 0 Å². The van der Waals surface area contributed by atoms with Crippen LogP contribution in [0.3, 0.4) is 0 Å². The number of aryl methyl sites for hydroxylation is 1. The molecule has 0 atom stereocenters. The van der Waals surface area contributed by atoms with Gasteiger partial charge in [0, 0.05) is 0 Å². The van der Waals surface area contributed by atoms with E-state index in [-0.39, 0.29) is 5.78 Å². The minimum Gasteiger partial charge on any atom is -0.495 e. The highest BCUT2D eigenvalue weighted by atomic mass is 32.1. The quantitative estimate of drug-likeness (QED) is 0.670. The lowest BCUT2D eigenvalue weighted by atomic mass is 10.1. The molecule has 0 radical (unpaired) electrons. The largest absolute Gasteiger partial charge is 0.495 e. The third kappa shape index (κ3) is 2.03. The van der Waals surface area contributed by atoms with Crippen LogP contribution in [0.2, 0.25) is 0 Å². The number of ketones is 1. The number of carbonyl (C=O) groups excluding carboxylic acids is 1. The van der Waals surface area contributed by atoms with Gasteiger partial charge < -0.3 is 10.5 Å². The molecule has 2 rings (SSSR count). The number of ether oxygens (including phenoxy) is 1. The minimum atomic E-state index is -0.0473. The van der Waals surface area contributed by atoms with Crippen LogP contribution >= 0.6 is 11.3 Å². The van der Waals surface area contributed by atoms with Crippen molar-refractivity contribution in [2.24, 2.45) is 0 Å². The summed E-state index contributed by atoms with van der Waals surface area (Å²) in [6.45, 7) is 1.92. The van der Waals surface area contributed by atoms with Gasteiger partial charge in [-0.05, 0) is 36.1 Å². The first-order chi connectivity index (χ1) is 8.15. The van der Waals surface area contributed by atoms with Crippen LogP contribution < -0.4 is 10.5 Å². The molecule has 3 nitrogen and oxygen atoms in total. The number of hydrogen-bond acceptors (Lipinski definition) is 4. The van der Waals surface area contributed by atoms with E-state index in [1.165, 1.54) is 18.4 Å². The van der Waals surface area contributed by atoms with E-state index in [0.717, 1.165) is 10.4 Å². The van der Waals surface area contributed by atoms with Gasteiger partial charge in [0.15, 0.2) is 0 Å². The number of rotatable bonds is 3. The van der Waals surface area contributed by atoms with Gasteiger partial charge in [-0.15, -0.1) is 11.3 Å². The number of benzene rings is 1. The number of methoxy groups -OCH3 is 1. The van der Waals surface area contributed by atoms with Crippen molar-refractivity contribution in [2.75, 3.05) is 12.8 Å². The van der Waals surface area contributed by atoms with Gasteiger partial charge in [-0.2, -0.15) is 0 Å². The Morgan fingerprint density at radius 2 is 2.12 bits per heavy atom. The smallest absolute Gasteiger partial charge is 0.205 e. The maximum atomic E-state index is 12.3. The van der Waals surface area contributed by atoms with E-state index in [0.29, 0.717) is 17.0 Å². The van der Waals surface area contributed by atoms with Crippen LogP contribution in [-0.4, -0.2) is 12.9 Å². The highest BCUT2D eigenvalue weighted by Crippen LogP contribution is 2.28. The number of para-hydroxylation sites is 1. The molecule has 1 aromatic heterocycles. The molecule has 0 fully saturated rings. The molecule has 0 amide bonds. The van der Waals surface area contributed by atoms with Crippen molar-refractivity contribution >= 4 is 22.8 Å². The van der Waals surface area contributed by atoms with E-state index in [2.05, 4.69) is 0 Å². The molecule has 0 saturated heterocycles. The molecule has 88 valence electrons. The number of anilines is 1. The van der Waals surface area contributed by atoms with E-state index in [9.17, 15) is 4.79 Å². The second kappa shape index (κ2) is 4.59. The van der Waals surface area contributed by atoms with Crippen molar-refractivity contribution in [3.63, 3.8) is 0 Å². The third-order valence-electron chi connectivity index (χ3n) is 2.60. The molecular formula is C13H13NO2S. The summed E-state index contributed by atoms with van der Waals surface area (Å²) in [5, 5.41) is 1.90. The van der Waals surface area contributed by atoms with Crippen molar-refractivity contribution in [1.82, 2.24) is 0 Å². The lowest BCUT2D eigenvalue weighted by Crippen LogP contribution is -2.06. The predicted octanol–water partition coefficient (Wildman–Crippen LogP) is 2.88. The maximum absolute atomic E-state index is 12.3. The van der Waals surface area contributed by atoms with Crippen LogP contribution in [0.15, 0.2) is 29.6 Å². The molecule has 1 aromatic carbocycles. The van der Waals surface area contributed by atoms with Crippen molar-refractivity contribution in [1.29, 1.82) is 0 Å². The molecule has 2 aromatic rings. The Labute approximate surface area is 104 Å². The number of hydrogen-bond donors (Lipinski definition) is 1. The predicted molar refractivity (Wildman–Crippen MR) is 69.9 cm³/mol. The zero-order valence-corrected chi connectivity index (χ0v) is 10.5. The highest BCUT2D eigenvalue weighted by molar-refractivity contribution is 7.12. The summed E-state index contributed by atoms with van der Waals surface area (Å²) in [5.41, 5.74) is 7.78. The van der Waals surface area contributed by atoms with Crippen LogP contribution in [0.1, 0.15) is 20.8 Å². The number of nitrogens with two attached hydrogens (primary N) is 1. The third-order valence-corrected chi connectivity index (χ3v) is 3.61. The Morgan fingerprint density at radius 1 is 1.35 bits per heavy atom. The molecule has 0 bridgehead atoms. The lowest BCUT2D eigenvalue weighted by molar-refractivity contribution is 0.104. The van der Waals surface area contributed by atoms with Gasteiger partial charge >= 0.3 is 0 Å². The molecular weight excluding hydrogens is 234 g/mol. The summed E-state index contributed by atoms with van der Waals surface area (Å²) in [6.07, 6.45) is 0. The number of thiophene rings is 1. The topological polar surface area (TPSA) is 52.3 Å². The van der Waals surface area contributed by atoms with Gasteiger partial charge in [0.05, 0.1) is 23.2 Å². The Bertz CT molecular complexity index is 560. The second-order valence-electron chi connectivity index (χ2n) is 3.68. The molecule has 4 heteroatoms. The van der Waals surface area contributed by atoms with E-state index in [4.69, 9.17) is 10.5 Å². The number of nitrogen functional groups attached to an aromatic ring is 1. The Balaban J connectivity index is 2.48. The summed E-state index contributed by atoms with van der Waals surface area (Å²) in [4.78, 5) is 13.0. The normalized spacial score (nSPS) is 10.2.